The third-order valence-electron chi connectivity index (χ3n) is 3.04. The van der Waals surface area contributed by atoms with Crippen LogP contribution in [0.5, 0.6) is 0 Å². The van der Waals surface area contributed by atoms with Crippen LogP contribution in [0, 0.1) is 5.92 Å². The predicted molar refractivity (Wildman–Crippen MR) is 86.7 cm³/mol. The summed E-state index contributed by atoms with van der Waals surface area (Å²) in [5.74, 6) is -0.736. The molecule has 132 valence electrons. The second-order valence-electron chi connectivity index (χ2n) is 5.20. The largest absolute Gasteiger partial charge is 0.463 e. The molecule has 0 aromatic heterocycles. The maximum absolute atomic E-state index is 11.6. The third kappa shape index (κ3) is 9.15. The van der Waals surface area contributed by atoms with Crippen molar-refractivity contribution in [2.75, 3.05) is 20.5 Å². The van der Waals surface area contributed by atoms with E-state index in [1.807, 2.05) is 13.0 Å². The molecule has 0 bridgehead atoms. The van der Waals surface area contributed by atoms with Gasteiger partial charge >= 0.3 is 11.9 Å². The van der Waals surface area contributed by atoms with E-state index in [-0.39, 0.29) is 18.7 Å². The molecular weight excluding hydrogens is 300 g/mol. The van der Waals surface area contributed by atoms with Crippen molar-refractivity contribution in [2.24, 2.45) is 5.92 Å². The molecule has 23 heavy (non-hydrogen) atoms. The van der Waals surface area contributed by atoms with Gasteiger partial charge in [-0.05, 0) is 32.3 Å². The lowest BCUT2D eigenvalue weighted by molar-refractivity contribution is -0.158. The van der Waals surface area contributed by atoms with E-state index in [1.54, 1.807) is 13.8 Å². The van der Waals surface area contributed by atoms with Gasteiger partial charge in [0.05, 0.1) is 6.61 Å². The van der Waals surface area contributed by atoms with Crippen LogP contribution in [-0.4, -0.2) is 44.7 Å². The molecule has 0 amide bonds. The molecule has 0 rings (SSSR count). The van der Waals surface area contributed by atoms with Crippen LogP contribution in [0.1, 0.15) is 34.1 Å². The highest BCUT2D eigenvalue weighted by Crippen LogP contribution is 2.19. The SMILES string of the molecule is C=C[C@H](OC(C)=O)[C@H](C[C@@H](C)/C=C(\C)C(=O)OCC)OCOC. The van der Waals surface area contributed by atoms with Gasteiger partial charge in [0, 0.05) is 19.6 Å². The minimum Gasteiger partial charge on any atom is -0.463 e. The van der Waals surface area contributed by atoms with Crippen LogP contribution in [0.3, 0.4) is 0 Å². The number of rotatable bonds is 11. The summed E-state index contributed by atoms with van der Waals surface area (Å²) < 4.78 is 20.7. The summed E-state index contributed by atoms with van der Waals surface area (Å²) in [6.45, 7) is 10.8. The van der Waals surface area contributed by atoms with Crippen molar-refractivity contribution in [1.29, 1.82) is 0 Å². The van der Waals surface area contributed by atoms with Crippen LogP contribution < -0.4 is 0 Å². The van der Waals surface area contributed by atoms with Crippen LogP contribution in [-0.2, 0) is 28.5 Å². The Hall–Kier alpha value is -1.66. The number of hydrogen-bond donors (Lipinski definition) is 0. The molecule has 0 radical (unpaired) electrons. The fourth-order valence-corrected chi connectivity index (χ4v) is 2.09. The molecule has 0 saturated heterocycles. The van der Waals surface area contributed by atoms with Gasteiger partial charge in [0.2, 0.25) is 0 Å². The third-order valence-corrected chi connectivity index (χ3v) is 3.04. The Bertz CT molecular complexity index is 415. The lowest BCUT2D eigenvalue weighted by Gasteiger charge is -2.26. The van der Waals surface area contributed by atoms with E-state index in [0.717, 1.165) is 0 Å². The van der Waals surface area contributed by atoms with E-state index >= 15 is 0 Å². The van der Waals surface area contributed by atoms with Crippen LogP contribution in [0.25, 0.3) is 0 Å². The molecule has 0 aromatic carbocycles. The highest BCUT2D eigenvalue weighted by molar-refractivity contribution is 5.87. The maximum atomic E-state index is 11.6. The van der Waals surface area contributed by atoms with Gasteiger partial charge in [0.25, 0.3) is 0 Å². The molecule has 0 spiro atoms. The molecule has 0 aromatic rings. The van der Waals surface area contributed by atoms with Crippen LogP contribution in [0.2, 0.25) is 0 Å². The molecule has 3 atom stereocenters. The number of methoxy groups -OCH3 is 1. The summed E-state index contributed by atoms with van der Waals surface area (Å²) in [5.41, 5.74) is 0.535. The number of hydrogen-bond acceptors (Lipinski definition) is 6. The average Bonchev–Trinajstić information content (AvgIpc) is 2.49. The van der Waals surface area contributed by atoms with Gasteiger partial charge in [0.1, 0.15) is 19.0 Å². The van der Waals surface area contributed by atoms with E-state index in [0.29, 0.717) is 18.6 Å². The summed E-state index contributed by atoms with van der Waals surface area (Å²) in [5, 5.41) is 0. The van der Waals surface area contributed by atoms with Crippen molar-refractivity contribution >= 4 is 11.9 Å². The van der Waals surface area contributed by atoms with Gasteiger partial charge in [-0.2, -0.15) is 0 Å². The number of esters is 2. The lowest BCUT2D eigenvalue weighted by atomic mass is 9.97. The molecule has 0 aliphatic rings. The Morgan fingerprint density at radius 1 is 1.26 bits per heavy atom. The Kier molecular flexibility index (Phi) is 11.0. The quantitative estimate of drug-likeness (QED) is 0.251. The lowest BCUT2D eigenvalue weighted by Crippen LogP contribution is -2.33. The van der Waals surface area contributed by atoms with Crippen molar-refractivity contribution in [3.05, 3.63) is 24.3 Å². The van der Waals surface area contributed by atoms with E-state index in [1.165, 1.54) is 20.1 Å². The summed E-state index contributed by atoms with van der Waals surface area (Å²) in [6, 6.07) is 0. The molecular formula is C17H28O6. The minimum atomic E-state index is -0.582. The van der Waals surface area contributed by atoms with Crippen molar-refractivity contribution < 1.29 is 28.5 Å². The fourth-order valence-electron chi connectivity index (χ4n) is 2.09. The minimum absolute atomic E-state index is 0.0132. The van der Waals surface area contributed by atoms with Gasteiger partial charge in [-0.3, -0.25) is 4.79 Å². The standard InChI is InChI=1S/C17H28O6/c1-7-15(23-14(5)18)16(22-11-20-6)10-12(3)9-13(4)17(19)21-8-2/h7,9,12,15-16H,1,8,10-11H2,2-6H3/b13-9+/t12-,15-,16-/m0/s1. The van der Waals surface area contributed by atoms with Gasteiger partial charge in [-0.1, -0.05) is 19.6 Å². The Labute approximate surface area is 138 Å². The first-order chi connectivity index (χ1) is 10.8. The van der Waals surface area contributed by atoms with Crippen LogP contribution >= 0.6 is 0 Å². The monoisotopic (exact) mass is 328 g/mol. The topological polar surface area (TPSA) is 71.1 Å². The van der Waals surface area contributed by atoms with Gasteiger partial charge in [-0.25, -0.2) is 4.79 Å². The summed E-state index contributed by atoms with van der Waals surface area (Å²) in [6.07, 6.45) is 2.87. The van der Waals surface area contributed by atoms with E-state index < -0.39 is 18.2 Å². The Morgan fingerprint density at radius 3 is 2.39 bits per heavy atom. The first-order valence-electron chi connectivity index (χ1n) is 7.61. The smallest absolute Gasteiger partial charge is 0.333 e. The van der Waals surface area contributed by atoms with E-state index in [4.69, 9.17) is 18.9 Å². The van der Waals surface area contributed by atoms with E-state index in [9.17, 15) is 9.59 Å². The number of ether oxygens (including phenoxy) is 4. The molecule has 0 aliphatic carbocycles. The predicted octanol–water partition coefficient (Wildman–Crippen LogP) is 2.63. The summed E-state index contributed by atoms with van der Waals surface area (Å²) >= 11 is 0. The van der Waals surface area contributed by atoms with Gasteiger partial charge in [0.15, 0.2) is 0 Å². The maximum Gasteiger partial charge on any atom is 0.333 e. The van der Waals surface area contributed by atoms with Crippen molar-refractivity contribution in [1.82, 2.24) is 0 Å². The van der Waals surface area contributed by atoms with Gasteiger partial charge in [-0.15, -0.1) is 0 Å². The second kappa shape index (κ2) is 11.8. The molecule has 0 N–H and O–H groups in total. The number of carbonyl (C=O) groups excluding carboxylic acids is 2. The summed E-state index contributed by atoms with van der Waals surface area (Å²) in [4.78, 5) is 22.8. The highest BCUT2D eigenvalue weighted by Gasteiger charge is 2.24. The van der Waals surface area contributed by atoms with Crippen molar-refractivity contribution in [2.45, 2.75) is 46.3 Å². The number of carbonyl (C=O) groups is 2. The zero-order valence-electron chi connectivity index (χ0n) is 14.7. The molecule has 0 aliphatic heterocycles. The first-order valence-corrected chi connectivity index (χ1v) is 7.61. The zero-order chi connectivity index (χ0) is 17.8. The average molecular weight is 328 g/mol. The Balaban J connectivity index is 4.92. The summed E-state index contributed by atoms with van der Waals surface area (Å²) in [7, 11) is 1.51. The molecule has 0 heterocycles. The van der Waals surface area contributed by atoms with E-state index in [2.05, 4.69) is 6.58 Å². The molecule has 6 nitrogen and oxygen atoms in total. The first kappa shape index (κ1) is 21.3. The molecule has 6 heteroatoms. The van der Waals surface area contributed by atoms with Crippen molar-refractivity contribution in [3.63, 3.8) is 0 Å². The molecule has 0 fully saturated rings. The highest BCUT2D eigenvalue weighted by atomic mass is 16.7. The molecule has 0 saturated carbocycles. The molecule has 0 unspecified atom stereocenters. The zero-order valence-corrected chi connectivity index (χ0v) is 14.7. The Morgan fingerprint density at radius 2 is 1.91 bits per heavy atom. The van der Waals surface area contributed by atoms with Crippen LogP contribution in [0.15, 0.2) is 24.3 Å². The second-order valence-corrected chi connectivity index (χ2v) is 5.20. The fraction of sp³-hybridized carbons (Fsp3) is 0.647. The number of allylic oxidation sites excluding steroid dienone is 1. The van der Waals surface area contributed by atoms with Crippen molar-refractivity contribution in [3.8, 4) is 0 Å². The normalized spacial score (nSPS) is 15.4. The van der Waals surface area contributed by atoms with Crippen LogP contribution in [0.4, 0.5) is 0 Å². The van der Waals surface area contributed by atoms with Gasteiger partial charge < -0.3 is 18.9 Å².